The molecule has 0 amide bonds. The molecule has 1 aromatic carbocycles. The first-order chi connectivity index (χ1) is 10.9. The van der Waals surface area contributed by atoms with E-state index in [4.69, 9.17) is 9.84 Å². The van der Waals surface area contributed by atoms with Gasteiger partial charge in [-0.25, -0.2) is 4.79 Å². The Bertz CT molecular complexity index is 691. The molecule has 132 valence electrons. The first kappa shape index (κ1) is 17.8. The van der Waals surface area contributed by atoms with Gasteiger partial charge in [0.15, 0.2) is 11.5 Å². The van der Waals surface area contributed by atoms with Gasteiger partial charge in [0.05, 0.1) is 12.7 Å². The average molecular weight is 358 g/mol. The predicted octanol–water partition coefficient (Wildman–Crippen LogP) is 3.39. The third-order valence-electron chi connectivity index (χ3n) is 2.88. The van der Waals surface area contributed by atoms with Crippen molar-refractivity contribution in [2.45, 2.75) is 18.6 Å². The van der Waals surface area contributed by atoms with Crippen molar-refractivity contribution in [3.63, 3.8) is 0 Å². The lowest BCUT2D eigenvalue weighted by Gasteiger charge is -2.28. The molecular formula is C13H8F6O5. The number of carboxylic acid groups (broad SMARTS) is 1. The topological polar surface area (TPSA) is 65.0 Å². The number of carbonyl (C=O) groups is 1. The summed E-state index contributed by atoms with van der Waals surface area (Å²) >= 11 is 0. The highest BCUT2D eigenvalue weighted by molar-refractivity contribution is 5.95. The summed E-state index contributed by atoms with van der Waals surface area (Å²) in [4.78, 5) is 11.0. The molecular weight excluding hydrogens is 350 g/mol. The number of halogens is 6. The molecule has 2 rings (SSSR count). The highest BCUT2D eigenvalue weighted by Gasteiger charge is 2.49. The fraction of sp³-hybridized carbons (Fsp3) is 0.308. The number of benzene rings is 1. The second-order valence-electron chi connectivity index (χ2n) is 4.54. The van der Waals surface area contributed by atoms with Gasteiger partial charge < -0.3 is 19.3 Å². The molecule has 0 aliphatic carbocycles. The zero-order valence-corrected chi connectivity index (χ0v) is 11.7. The van der Waals surface area contributed by atoms with Crippen molar-refractivity contribution in [1.29, 1.82) is 0 Å². The number of aliphatic carboxylic acids is 1. The summed E-state index contributed by atoms with van der Waals surface area (Å²) in [6.45, 7) is 0. The molecule has 0 fully saturated rings. The smallest absolute Gasteiger partial charge is 0.493 e. The standard InChI is InChI=1S/C13H8F6O5/c1-22-8-4-6(24-13(17,18)19)2-5-3-7(11(20)21)10(12(14,15)16)23-9(5)8/h2-4,10H,1H3,(H,20,21). The summed E-state index contributed by atoms with van der Waals surface area (Å²) in [5.74, 6) is -3.74. The van der Waals surface area contributed by atoms with E-state index in [9.17, 15) is 31.1 Å². The van der Waals surface area contributed by atoms with Gasteiger partial charge in [-0.3, -0.25) is 0 Å². The van der Waals surface area contributed by atoms with Crippen molar-refractivity contribution in [2.75, 3.05) is 7.11 Å². The molecule has 0 aromatic heterocycles. The van der Waals surface area contributed by atoms with E-state index >= 15 is 0 Å². The summed E-state index contributed by atoms with van der Waals surface area (Å²) in [6.07, 6.45) is -12.3. The number of rotatable bonds is 3. The van der Waals surface area contributed by atoms with E-state index in [1.807, 2.05) is 0 Å². The van der Waals surface area contributed by atoms with Crippen LogP contribution in [0.4, 0.5) is 26.3 Å². The molecule has 1 N–H and O–H groups in total. The van der Waals surface area contributed by atoms with Crippen molar-refractivity contribution in [2.24, 2.45) is 0 Å². The lowest BCUT2D eigenvalue weighted by atomic mass is 10.0. The van der Waals surface area contributed by atoms with Gasteiger partial charge in [-0.05, 0) is 12.1 Å². The van der Waals surface area contributed by atoms with Crippen LogP contribution in [0.1, 0.15) is 5.56 Å². The fourth-order valence-corrected chi connectivity index (χ4v) is 2.02. The third-order valence-corrected chi connectivity index (χ3v) is 2.88. The molecule has 1 aromatic rings. The first-order valence-corrected chi connectivity index (χ1v) is 6.08. The quantitative estimate of drug-likeness (QED) is 0.840. The Labute approximate surface area is 130 Å². The third kappa shape index (κ3) is 3.66. The summed E-state index contributed by atoms with van der Waals surface area (Å²) in [5, 5.41) is 8.89. The average Bonchev–Trinajstić information content (AvgIpc) is 2.42. The second kappa shape index (κ2) is 5.80. The maximum Gasteiger partial charge on any atom is 0.573 e. The van der Waals surface area contributed by atoms with Gasteiger partial charge >= 0.3 is 18.5 Å². The van der Waals surface area contributed by atoms with E-state index in [2.05, 4.69) is 9.47 Å². The molecule has 0 radical (unpaired) electrons. The van der Waals surface area contributed by atoms with Crippen molar-refractivity contribution in [3.05, 3.63) is 23.3 Å². The van der Waals surface area contributed by atoms with E-state index < -0.39 is 47.4 Å². The predicted molar refractivity (Wildman–Crippen MR) is 65.8 cm³/mol. The number of hydrogen-bond acceptors (Lipinski definition) is 4. The molecule has 1 unspecified atom stereocenters. The van der Waals surface area contributed by atoms with Gasteiger partial charge in [-0.1, -0.05) is 0 Å². The molecule has 0 saturated carbocycles. The summed E-state index contributed by atoms with van der Waals surface area (Å²) in [5.41, 5.74) is -1.53. The minimum Gasteiger partial charge on any atom is -0.493 e. The van der Waals surface area contributed by atoms with Crippen LogP contribution in [0.3, 0.4) is 0 Å². The number of fused-ring (bicyclic) bond motifs is 1. The monoisotopic (exact) mass is 358 g/mol. The highest BCUT2D eigenvalue weighted by atomic mass is 19.4. The molecule has 1 atom stereocenters. The molecule has 0 spiro atoms. The van der Waals surface area contributed by atoms with E-state index in [1.54, 1.807) is 0 Å². The van der Waals surface area contributed by atoms with E-state index in [-0.39, 0.29) is 5.56 Å². The van der Waals surface area contributed by atoms with Gasteiger partial charge in [0, 0.05) is 11.6 Å². The molecule has 0 bridgehead atoms. The SMILES string of the molecule is COc1cc(OC(F)(F)F)cc2c1OC(C(F)(F)F)C(C(=O)O)=C2. The Morgan fingerprint density at radius 1 is 1.21 bits per heavy atom. The van der Waals surface area contributed by atoms with E-state index in [1.165, 1.54) is 0 Å². The van der Waals surface area contributed by atoms with Gasteiger partial charge in [0.1, 0.15) is 5.75 Å². The Morgan fingerprint density at radius 3 is 2.29 bits per heavy atom. The summed E-state index contributed by atoms with van der Waals surface area (Å²) in [6, 6.07) is 1.38. The van der Waals surface area contributed by atoms with Crippen LogP contribution in [0.2, 0.25) is 0 Å². The van der Waals surface area contributed by atoms with Crippen LogP contribution in [0, 0.1) is 0 Å². The van der Waals surface area contributed by atoms with Crippen LogP contribution in [0.25, 0.3) is 6.08 Å². The van der Waals surface area contributed by atoms with Crippen LogP contribution in [0.5, 0.6) is 17.2 Å². The van der Waals surface area contributed by atoms with Crippen LogP contribution in [-0.4, -0.2) is 36.8 Å². The Kier molecular flexibility index (Phi) is 4.29. The number of methoxy groups -OCH3 is 1. The minimum atomic E-state index is -5.05. The lowest BCUT2D eigenvalue weighted by Crippen LogP contribution is -2.40. The minimum absolute atomic E-state index is 0.355. The van der Waals surface area contributed by atoms with Gasteiger partial charge in [-0.2, -0.15) is 13.2 Å². The number of alkyl halides is 6. The van der Waals surface area contributed by atoms with Crippen LogP contribution < -0.4 is 14.2 Å². The summed E-state index contributed by atoms with van der Waals surface area (Å²) < 4.78 is 88.7. The molecule has 24 heavy (non-hydrogen) atoms. The molecule has 1 aliphatic rings. The molecule has 1 aliphatic heterocycles. The molecule has 0 saturated heterocycles. The summed E-state index contributed by atoms with van der Waals surface area (Å²) in [7, 11) is 0.995. The van der Waals surface area contributed by atoms with E-state index in [0.717, 1.165) is 7.11 Å². The van der Waals surface area contributed by atoms with Crippen molar-refractivity contribution in [3.8, 4) is 17.2 Å². The zero-order valence-electron chi connectivity index (χ0n) is 11.7. The largest absolute Gasteiger partial charge is 0.573 e. The van der Waals surface area contributed by atoms with Crippen LogP contribution in [-0.2, 0) is 4.79 Å². The lowest BCUT2D eigenvalue weighted by molar-refractivity contribution is -0.274. The first-order valence-electron chi connectivity index (χ1n) is 6.08. The van der Waals surface area contributed by atoms with Crippen molar-refractivity contribution in [1.82, 2.24) is 0 Å². The van der Waals surface area contributed by atoms with Crippen molar-refractivity contribution < 1.29 is 50.5 Å². The number of carboxylic acids is 1. The highest BCUT2D eigenvalue weighted by Crippen LogP contribution is 2.44. The second-order valence-corrected chi connectivity index (χ2v) is 4.54. The van der Waals surface area contributed by atoms with Gasteiger partial charge in [0.25, 0.3) is 0 Å². The van der Waals surface area contributed by atoms with Crippen LogP contribution >= 0.6 is 0 Å². The molecule has 11 heteroatoms. The Hall–Kier alpha value is -2.59. The zero-order chi connectivity index (χ0) is 18.3. The van der Waals surface area contributed by atoms with Crippen molar-refractivity contribution >= 4 is 12.0 Å². The fourth-order valence-electron chi connectivity index (χ4n) is 2.02. The molecule has 5 nitrogen and oxygen atoms in total. The number of ether oxygens (including phenoxy) is 3. The maximum absolute atomic E-state index is 12.9. The number of hydrogen-bond donors (Lipinski definition) is 1. The van der Waals surface area contributed by atoms with Gasteiger partial charge in [0.2, 0.25) is 6.10 Å². The normalized spacial score (nSPS) is 17.5. The van der Waals surface area contributed by atoms with Crippen LogP contribution in [0.15, 0.2) is 17.7 Å². The van der Waals surface area contributed by atoms with E-state index in [0.29, 0.717) is 18.2 Å². The Balaban J connectivity index is 2.58. The van der Waals surface area contributed by atoms with Gasteiger partial charge in [-0.15, -0.1) is 13.2 Å². The molecule has 1 heterocycles. The Morgan fingerprint density at radius 2 is 1.83 bits per heavy atom. The maximum atomic E-state index is 12.9.